The van der Waals surface area contributed by atoms with Crippen molar-refractivity contribution in [3.63, 3.8) is 0 Å². The van der Waals surface area contributed by atoms with Crippen LogP contribution in [0.2, 0.25) is 5.15 Å². The summed E-state index contributed by atoms with van der Waals surface area (Å²) in [5.74, 6) is 2.17. The highest BCUT2D eigenvalue weighted by Gasteiger charge is 2.31. The van der Waals surface area contributed by atoms with Crippen molar-refractivity contribution in [1.82, 2.24) is 29.7 Å². The van der Waals surface area contributed by atoms with Crippen LogP contribution in [0.3, 0.4) is 0 Å². The Kier molecular flexibility index (Phi) is 3.71. The quantitative estimate of drug-likeness (QED) is 0.628. The molecule has 8 heteroatoms. The van der Waals surface area contributed by atoms with Gasteiger partial charge in [-0.3, -0.25) is 9.55 Å². The zero-order valence-corrected chi connectivity index (χ0v) is 14.9. The standard InChI is InChI=1S/C17H15ClN6S/c18-13-8-14(21-15(20-13)10-3-4-10)25-17-23-22-16(24(17)12-5-6-12)11-2-1-7-19-9-11/h1-2,7-10,12H,3-6H2. The molecule has 0 amide bonds. The van der Waals surface area contributed by atoms with Crippen molar-refractivity contribution in [2.45, 2.75) is 47.8 Å². The van der Waals surface area contributed by atoms with Crippen molar-refractivity contribution in [3.8, 4) is 11.4 Å². The first-order chi connectivity index (χ1) is 12.3. The second kappa shape index (κ2) is 6.07. The monoisotopic (exact) mass is 370 g/mol. The molecule has 0 saturated heterocycles. The van der Waals surface area contributed by atoms with Crippen LogP contribution in [0.1, 0.15) is 43.5 Å². The van der Waals surface area contributed by atoms with Crippen molar-refractivity contribution in [1.29, 1.82) is 0 Å². The van der Waals surface area contributed by atoms with Gasteiger partial charge in [-0.15, -0.1) is 10.2 Å². The molecule has 0 atom stereocenters. The van der Waals surface area contributed by atoms with Crippen LogP contribution in [0.15, 0.2) is 40.8 Å². The summed E-state index contributed by atoms with van der Waals surface area (Å²) < 4.78 is 2.20. The number of halogens is 1. The molecule has 2 aliphatic rings. The molecule has 3 aromatic heterocycles. The molecule has 0 spiro atoms. The number of pyridine rings is 1. The molecular formula is C17H15ClN6S. The Labute approximate surface area is 154 Å². The van der Waals surface area contributed by atoms with E-state index in [2.05, 4.69) is 29.7 Å². The largest absolute Gasteiger partial charge is 0.299 e. The van der Waals surface area contributed by atoms with Crippen LogP contribution in [0.4, 0.5) is 0 Å². The Morgan fingerprint density at radius 1 is 1.12 bits per heavy atom. The molecule has 0 aromatic carbocycles. The molecule has 3 heterocycles. The molecular weight excluding hydrogens is 356 g/mol. The fraction of sp³-hybridized carbons (Fsp3) is 0.353. The van der Waals surface area contributed by atoms with Gasteiger partial charge >= 0.3 is 0 Å². The molecule has 2 saturated carbocycles. The van der Waals surface area contributed by atoms with Crippen LogP contribution in [0, 0.1) is 0 Å². The Morgan fingerprint density at radius 2 is 2.00 bits per heavy atom. The Hall–Kier alpha value is -1.99. The molecule has 5 rings (SSSR count). The van der Waals surface area contributed by atoms with Crippen molar-refractivity contribution in [3.05, 3.63) is 41.6 Å². The zero-order chi connectivity index (χ0) is 16.8. The minimum Gasteiger partial charge on any atom is -0.299 e. The normalized spacial score (nSPS) is 17.0. The molecule has 6 nitrogen and oxygen atoms in total. The van der Waals surface area contributed by atoms with E-state index in [0.717, 1.165) is 53.1 Å². The lowest BCUT2D eigenvalue weighted by Crippen LogP contribution is -2.01. The summed E-state index contributed by atoms with van der Waals surface area (Å²) in [6.07, 6.45) is 8.18. The van der Waals surface area contributed by atoms with Gasteiger partial charge in [-0.05, 0) is 49.6 Å². The van der Waals surface area contributed by atoms with Gasteiger partial charge in [-0.25, -0.2) is 9.97 Å². The van der Waals surface area contributed by atoms with Gasteiger partial charge in [0.1, 0.15) is 16.0 Å². The average Bonchev–Trinajstić information content (AvgIpc) is 3.53. The Bertz CT molecular complexity index is 920. The molecule has 3 aromatic rings. The van der Waals surface area contributed by atoms with Gasteiger partial charge in [0.15, 0.2) is 11.0 Å². The smallest absolute Gasteiger partial charge is 0.198 e. The van der Waals surface area contributed by atoms with E-state index < -0.39 is 0 Å². The van der Waals surface area contributed by atoms with E-state index in [9.17, 15) is 0 Å². The van der Waals surface area contributed by atoms with E-state index in [1.807, 2.05) is 18.3 Å². The first-order valence-electron chi connectivity index (χ1n) is 8.35. The maximum Gasteiger partial charge on any atom is 0.198 e. The van der Waals surface area contributed by atoms with Crippen LogP contribution in [0.25, 0.3) is 11.4 Å². The number of rotatable bonds is 5. The second-order valence-corrected chi connectivity index (χ2v) is 7.79. The summed E-state index contributed by atoms with van der Waals surface area (Å²) in [6.45, 7) is 0. The highest BCUT2D eigenvalue weighted by atomic mass is 35.5. The third kappa shape index (κ3) is 3.14. The second-order valence-electron chi connectivity index (χ2n) is 6.41. The average molecular weight is 371 g/mol. The summed E-state index contributed by atoms with van der Waals surface area (Å²) in [5.41, 5.74) is 0.980. The van der Waals surface area contributed by atoms with Crippen LogP contribution in [-0.4, -0.2) is 29.7 Å². The summed E-state index contributed by atoms with van der Waals surface area (Å²) in [7, 11) is 0. The van der Waals surface area contributed by atoms with Gasteiger partial charge in [-0.2, -0.15) is 0 Å². The first-order valence-corrected chi connectivity index (χ1v) is 9.55. The van der Waals surface area contributed by atoms with E-state index in [1.54, 1.807) is 12.3 Å². The number of hydrogen-bond acceptors (Lipinski definition) is 6. The highest BCUT2D eigenvalue weighted by molar-refractivity contribution is 7.99. The van der Waals surface area contributed by atoms with Gasteiger partial charge in [-0.1, -0.05) is 11.6 Å². The fourth-order valence-electron chi connectivity index (χ4n) is 2.78. The minimum absolute atomic E-state index is 0.452. The first kappa shape index (κ1) is 15.3. The summed E-state index contributed by atoms with van der Waals surface area (Å²) in [6, 6.07) is 6.18. The van der Waals surface area contributed by atoms with Crippen LogP contribution in [-0.2, 0) is 0 Å². The van der Waals surface area contributed by atoms with Crippen LogP contribution >= 0.6 is 23.4 Å². The fourth-order valence-corrected chi connectivity index (χ4v) is 3.95. The topological polar surface area (TPSA) is 69.4 Å². The Morgan fingerprint density at radius 3 is 2.72 bits per heavy atom. The molecule has 0 bridgehead atoms. The maximum atomic E-state index is 6.19. The van der Waals surface area contributed by atoms with E-state index in [4.69, 9.17) is 11.6 Å². The SMILES string of the molecule is Clc1cc(Sc2nnc(-c3cccnc3)n2C2CC2)nc(C2CC2)n1. The van der Waals surface area contributed by atoms with Crippen LogP contribution < -0.4 is 0 Å². The molecule has 0 aliphatic heterocycles. The number of aromatic nitrogens is 6. The van der Waals surface area contributed by atoms with Crippen molar-refractivity contribution in [2.75, 3.05) is 0 Å². The third-order valence-corrected chi connectivity index (χ3v) is 5.40. The van der Waals surface area contributed by atoms with Crippen LogP contribution in [0.5, 0.6) is 0 Å². The number of hydrogen-bond donors (Lipinski definition) is 0. The predicted molar refractivity (Wildman–Crippen MR) is 94.7 cm³/mol. The minimum atomic E-state index is 0.452. The molecule has 0 radical (unpaired) electrons. The van der Waals surface area contributed by atoms with Crippen molar-refractivity contribution >= 4 is 23.4 Å². The Balaban J connectivity index is 1.51. The molecule has 2 aliphatic carbocycles. The van der Waals surface area contributed by atoms with E-state index in [0.29, 0.717) is 17.1 Å². The van der Waals surface area contributed by atoms with Gasteiger partial charge in [0.05, 0.1) is 0 Å². The molecule has 0 N–H and O–H groups in total. The number of nitrogens with zero attached hydrogens (tertiary/aromatic N) is 6. The van der Waals surface area contributed by atoms with Gasteiger partial charge in [0, 0.05) is 36.0 Å². The summed E-state index contributed by atoms with van der Waals surface area (Å²) in [4.78, 5) is 13.2. The third-order valence-electron chi connectivity index (χ3n) is 4.32. The van der Waals surface area contributed by atoms with E-state index in [1.165, 1.54) is 11.8 Å². The van der Waals surface area contributed by atoms with Gasteiger partial charge < -0.3 is 0 Å². The summed E-state index contributed by atoms with van der Waals surface area (Å²) in [5, 5.41) is 11.0. The van der Waals surface area contributed by atoms with Crippen molar-refractivity contribution in [2.24, 2.45) is 0 Å². The van der Waals surface area contributed by atoms with Crippen molar-refractivity contribution < 1.29 is 0 Å². The lowest BCUT2D eigenvalue weighted by molar-refractivity contribution is 0.668. The lowest BCUT2D eigenvalue weighted by Gasteiger charge is -2.09. The summed E-state index contributed by atoms with van der Waals surface area (Å²) >= 11 is 7.69. The molecule has 25 heavy (non-hydrogen) atoms. The molecule has 2 fully saturated rings. The van der Waals surface area contributed by atoms with E-state index >= 15 is 0 Å². The maximum absolute atomic E-state index is 6.19. The van der Waals surface area contributed by atoms with E-state index in [-0.39, 0.29) is 0 Å². The van der Waals surface area contributed by atoms with Gasteiger partial charge in [0.25, 0.3) is 0 Å². The zero-order valence-electron chi connectivity index (χ0n) is 13.3. The molecule has 126 valence electrons. The lowest BCUT2D eigenvalue weighted by atomic mass is 10.3. The highest BCUT2D eigenvalue weighted by Crippen LogP contribution is 2.43. The van der Waals surface area contributed by atoms with Gasteiger partial charge in [0.2, 0.25) is 0 Å². The predicted octanol–water partition coefficient (Wildman–Crippen LogP) is 4.15. The molecule has 0 unspecified atom stereocenters.